The van der Waals surface area contributed by atoms with Crippen molar-refractivity contribution < 1.29 is 9.32 Å². The van der Waals surface area contributed by atoms with Gasteiger partial charge in [-0.3, -0.25) is 4.79 Å². The van der Waals surface area contributed by atoms with Crippen LogP contribution in [0.4, 0.5) is 5.69 Å². The minimum Gasteiger partial charge on any atom is -0.334 e. The highest BCUT2D eigenvalue weighted by atomic mass is 16.5. The van der Waals surface area contributed by atoms with Crippen LogP contribution in [0.2, 0.25) is 0 Å². The number of anilines is 1. The van der Waals surface area contributed by atoms with E-state index in [2.05, 4.69) is 47.4 Å². The van der Waals surface area contributed by atoms with E-state index in [-0.39, 0.29) is 11.8 Å². The van der Waals surface area contributed by atoms with Crippen molar-refractivity contribution in [2.75, 3.05) is 11.4 Å². The minimum atomic E-state index is -0.0341. The van der Waals surface area contributed by atoms with Gasteiger partial charge in [0, 0.05) is 30.1 Å². The molecule has 5 rings (SSSR count). The lowest BCUT2D eigenvalue weighted by Crippen LogP contribution is -2.24. The van der Waals surface area contributed by atoms with Gasteiger partial charge in [0.2, 0.25) is 5.91 Å². The second kappa shape index (κ2) is 6.89. The molecule has 5 nitrogen and oxygen atoms in total. The predicted molar refractivity (Wildman–Crippen MR) is 107 cm³/mol. The summed E-state index contributed by atoms with van der Waals surface area (Å²) in [6.45, 7) is 2.73. The van der Waals surface area contributed by atoms with Crippen LogP contribution in [0.3, 0.4) is 0 Å². The van der Waals surface area contributed by atoms with Crippen LogP contribution in [0.1, 0.15) is 48.2 Å². The van der Waals surface area contributed by atoms with Gasteiger partial charge in [0.25, 0.3) is 5.89 Å². The number of nitrogens with zero attached hydrogens (tertiary/aromatic N) is 3. The van der Waals surface area contributed by atoms with Crippen molar-refractivity contribution in [2.45, 2.75) is 44.9 Å². The number of hydrogen-bond acceptors (Lipinski definition) is 4. The molecule has 5 heteroatoms. The highest BCUT2D eigenvalue weighted by molar-refractivity contribution is 5.96. The zero-order chi connectivity index (χ0) is 19.1. The topological polar surface area (TPSA) is 59.2 Å². The summed E-state index contributed by atoms with van der Waals surface area (Å²) in [4.78, 5) is 19.1. The summed E-state index contributed by atoms with van der Waals surface area (Å²) >= 11 is 0. The number of fused-ring (bicyclic) bond motifs is 1. The third kappa shape index (κ3) is 3.01. The van der Waals surface area contributed by atoms with Gasteiger partial charge < -0.3 is 9.42 Å². The number of aromatic nitrogens is 2. The molecule has 0 N–H and O–H groups in total. The van der Waals surface area contributed by atoms with Gasteiger partial charge in [-0.25, -0.2) is 0 Å². The number of carbonyl (C=O) groups excluding carboxylic acids is 1. The van der Waals surface area contributed by atoms with Crippen LogP contribution < -0.4 is 4.90 Å². The summed E-state index contributed by atoms with van der Waals surface area (Å²) in [5, 5.41) is 4.17. The molecule has 1 fully saturated rings. The Balaban J connectivity index is 1.35. The number of hydrogen-bond donors (Lipinski definition) is 0. The fraction of sp³-hybridized carbons (Fsp3) is 0.348. The first-order valence-electron chi connectivity index (χ1n) is 10.1. The predicted octanol–water partition coefficient (Wildman–Crippen LogP) is 4.31. The van der Waals surface area contributed by atoms with Gasteiger partial charge in [-0.05, 0) is 66.6 Å². The van der Waals surface area contributed by atoms with Gasteiger partial charge in [0.05, 0.1) is 0 Å². The molecule has 2 heterocycles. The van der Waals surface area contributed by atoms with Crippen molar-refractivity contribution in [1.82, 2.24) is 10.1 Å². The van der Waals surface area contributed by atoms with Crippen LogP contribution in [-0.2, 0) is 24.1 Å². The van der Waals surface area contributed by atoms with Crippen LogP contribution in [0.5, 0.6) is 0 Å². The largest absolute Gasteiger partial charge is 0.334 e. The Hall–Kier alpha value is -2.95. The Morgan fingerprint density at radius 3 is 2.75 bits per heavy atom. The van der Waals surface area contributed by atoms with Crippen molar-refractivity contribution in [1.29, 1.82) is 0 Å². The van der Waals surface area contributed by atoms with Crippen LogP contribution in [0.25, 0.3) is 11.5 Å². The number of benzene rings is 2. The van der Waals surface area contributed by atoms with E-state index in [1.807, 2.05) is 17.0 Å². The molecule has 1 aliphatic heterocycles. The molecule has 1 aromatic heterocycles. The standard InChI is InChI=1S/C23H23N3O2/c1-2-15-6-8-17(9-7-15)23-24-22(25-28-23)19-13-21(27)26(14-19)20-11-10-16-4-3-5-18(16)12-20/h6-12,19H,2-5,13-14H2,1H3. The molecule has 1 saturated heterocycles. The summed E-state index contributed by atoms with van der Waals surface area (Å²) in [6, 6.07) is 14.6. The maximum Gasteiger partial charge on any atom is 0.257 e. The highest BCUT2D eigenvalue weighted by Gasteiger charge is 2.35. The molecule has 1 unspecified atom stereocenters. The summed E-state index contributed by atoms with van der Waals surface area (Å²) in [6.07, 6.45) is 4.89. The fourth-order valence-corrected chi connectivity index (χ4v) is 4.26. The Morgan fingerprint density at radius 1 is 1.11 bits per heavy atom. The first-order valence-corrected chi connectivity index (χ1v) is 10.1. The van der Waals surface area contributed by atoms with E-state index in [0.29, 0.717) is 24.7 Å². The lowest BCUT2D eigenvalue weighted by atomic mass is 10.1. The maximum absolute atomic E-state index is 12.6. The first kappa shape index (κ1) is 17.2. The average Bonchev–Trinajstić information content (AvgIpc) is 3.46. The lowest BCUT2D eigenvalue weighted by molar-refractivity contribution is -0.117. The molecule has 2 aromatic carbocycles. The molecule has 1 aliphatic carbocycles. The van der Waals surface area contributed by atoms with Gasteiger partial charge in [-0.2, -0.15) is 4.98 Å². The molecule has 3 aromatic rings. The first-order chi connectivity index (χ1) is 13.7. The lowest BCUT2D eigenvalue weighted by Gasteiger charge is -2.17. The van der Waals surface area contributed by atoms with Crippen LogP contribution in [-0.4, -0.2) is 22.6 Å². The Bertz CT molecular complexity index is 1020. The smallest absolute Gasteiger partial charge is 0.257 e. The molecule has 142 valence electrons. The van der Waals surface area contributed by atoms with Crippen molar-refractivity contribution in [3.63, 3.8) is 0 Å². The van der Waals surface area contributed by atoms with Crippen LogP contribution >= 0.6 is 0 Å². The Kier molecular flexibility index (Phi) is 4.23. The van der Waals surface area contributed by atoms with E-state index in [1.165, 1.54) is 23.1 Å². The third-order valence-corrected chi connectivity index (χ3v) is 5.93. The molecular weight excluding hydrogens is 350 g/mol. The van der Waals surface area contributed by atoms with E-state index in [9.17, 15) is 4.79 Å². The third-order valence-electron chi connectivity index (χ3n) is 5.93. The zero-order valence-corrected chi connectivity index (χ0v) is 16.0. The second-order valence-corrected chi connectivity index (χ2v) is 7.72. The molecule has 0 saturated carbocycles. The maximum atomic E-state index is 12.6. The summed E-state index contributed by atoms with van der Waals surface area (Å²) in [5.41, 5.74) is 5.98. The summed E-state index contributed by atoms with van der Waals surface area (Å²) in [5.74, 6) is 1.22. The Labute approximate surface area is 164 Å². The zero-order valence-electron chi connectivity index (χ0n) is 16.0. The molecule has 0 radical (unpaired) electrons. The number of amides is 1. The Morgan fingerprint density at radius 2 is 1.93 bits per heavy atom. The minimum absolute atomic E-state index is 0.0341. The summed E-state index contributed by atoms with van der Waals surface area (Å²) < 4.78 is 5.48. The molecule has 0 spiro atoms. The molecule has 1 atom stereocenters. The van der Waals surface area contributed by atoms with E-state index >= 15 is 0 Å². The van der Waals surface area contributed by atoms with Gasteiger partial charge >= 0.3 is 0 Å². The quantitative estimate of drug-likeness (QED) is 0.684. The van der Waals surface area contributed by atoms with Crippen LogP contribution in [0.15, 0.2) is 47.0 Å². The summed E-state index contributed by atoms with van der Waals surface area (Å²) in [7, 11) is 0. The SMILES string of the molecule is CCc1ccc(-c2nc(C3CC(=O)N(c4ccc5c(c4)CCC5)C3)no2)cc1. The van der Waals surface area contributed by atoms with E-state index in [4.69, 9.17) is 4.52 Å². The molecule has 0 bridgehead atoms. The van der Waals surface area contributed by atoms with Gasteiger partial charge in [-0.15, -0.1) is 0 Å². The monoisotopic (exact) mass is 373 g/mol. The van der Waals surface area contributed by atoms with Crippen molar-refractivity contribution in [2.24, 2.45) is 0 Å². The highest BCUT2D eigenvalue weighted by Crippen LogP contribution is 2.34. The molecule has 1 amide bonds. The molecule has 2 aliphatic rings. The van der Waals surface area contributed by atoms with Crippen molar-refractivity contribution in [3.8, 4) is 11.5 Å². The van der Waals surface area contributed by atoms with Gasteiger partial charge in [0.1, 0.15) is 0 Å². The van der Waals surface area contributed by atoms with Gasteiger partial charge in [0.15, 0.2) is 5.82 Å². The second-order valence-electron chi connectivity index (χ2n) is 7.72. The van der Waals surface area contributed by atoms with Crippen molar-refractivity contribution >= 4 is 11.6 Å². The molecular formula is C23H23N3O2. The van der Waals surface area contributed by atoms with E-state index < -0.39 is 0 Å². The molecule has 28 heavy (non-hydrogen) atoms. The normalized spacial score (nSPS) is 18.7. The number of aryl methyl sites for hydroxylation is 3. The van der Waals surface area contributed by atoms with Gasteiger partial charge in [-0.1, -0.05) is 30.3 Å². The van der Waals surface area contributed by atoms with E-state index in [1.54, 1.807) is 0 Å². The number of rotatable bonds is 4. The fourth-order valence-electron chi connectivity index (χ4n) is 4.26. The van der Waals surface area contributed by atoms with E-state index in [0.717, 1.165) is 30.5 Å². The number of carbonyl (C=O) groups is 1. The van der Waals surface area contributed by atoms with Crippen LogP contribution in [0, 0.1) is 0 Å². The average molecular weight is 373 g/mol. The van der Waals surface area contributed by atoms with Crippen molar-refractivity contribution in [3.05, 3.63) is 65.0 Å².